The largest absolute Gasteiger partial charge is 0.512 e. The minimum Gasteiger partial charge on any atom is -0.512 e. The summed E-state index contributed by atoms with van der Waals surface area (Å²) in [5.74, 6) is 1.95. The van der Waals surface area contributed by atoms with E-state index in [0.29, 0.717) is 5.92 Å². The van der Waals surface area contributed by atoms with Gasteiger partial charge in [-0.25, -0.2) is 0 Å². The normalized spacial score (nSPS) is 12.7. The van der Waals surface area contributed by atoms with E-state index in [1.54, 1.807) is 23.1 Å². The number of rotatable bonds is 12. The van der Waals surface area contributed by atoms with E-state index in [2.05, 4.69) is 84.5 Å². The molecular weight excluding hydrogens is 859 g/mol. The molecule has 3 heterocycles. The number of aryl methyl sites for hydroxylation is 1. The maximum Gasteiger partial charge on any atom is 0.164 e. The summed E-state index contributed by atoms with van der Waals surface area (Å²) >= 11 is 3.46. The first-order chi connectivity index (χ1) is 24.0. The molecule has 1 radical (unpaired) electrons. The summed E-state index contributed by atoms with van der Waals surface area (Å²) in [5, 5.41) is 15.7. The van der Waals surface area contributed by atoms with Gasteiger partial charge in [-0.2, -0.15) is 11.8 Å². The van der Waals surface area contributed by atoms with Crippen molar-refractivity contribution in [1.82, 2.24) is 4.98 Å². The zero-order valence-corrected chi connectivity index (χ0v) is 37.3. The third kappa shape index (κ3) is 9.14. The van der Waals surface area contributed by atoms with Crippen molar-refractivity contribution in [3.05, 3.63) is 83.3 Å². The molecular formula is C45H58IrNO3S2-. The molecule has 0 aliphatic carbocycles. The van der Waals surface area contributed by atoms with Crippen LogP contribution in [0.25, 0.3) is 42.4 Å². The van der Waals surface area contributed by atoms with Gasteiger partial charge in [0.25, 0.3) is 0 Å². The Morgan fingerprint density at radius 1 is 1.00 bits per heavy atom. The molecule has 283 valence electrons. The fraction of sp³-hybridized carbons (Fsp3) is 0.467. The molecule has 4 nitrogen and oxygen atoms in total. The van der Waals surface area contributed by atoms with Crippen LogP contribution in [0.5, 0.6) is 0 Å². The standard InChI is InChI=1S/C30H30NOS2.C15H28O2.Ir/c1-8-33-25-10-9-19(14-22(25)30(5,6)7)29-28-21-15-20-18(4)23(13-17(2)3)32-24(20)16-27(21)34-26(28)11-12-31-29;1-7-14(5,8-2)12(16)11-13(17)15(6,9-3)10-4;/h8,10-12,14-17H,1,13H2,2-7H3;11,16H,7-10H2,1-6H3;/q-1;;/b;12-11-;. The number of benzene rings is 2. The molecule has 0 spiro atoms. The predicted molar refractivity (Wildman–Crippen MR) is 222 cm³/mol. The number of thioether (sulfide) groups is 1. The van der Waals surface area contributed by atoms with Crippen LogP contribution < -0.4 is 0 Å². The average molecular weight is 917 g/mol. The van der Waals surface area contributed by atoms with E-state index in [1.807, 2.05) is 53.1 Å². The Morgan fingerprint density at radius 2 is 1.63 bits per heavy atom. The van der Waals surface area contributed by atoms with Crippen LogP contribution >= 0.6 is 23.1 Å². The van der Waals surface area contributed by atoms with Crippen molar-refractivity contribution in [3.8, 4) is 11.3 Å². The number of aliphatic hydroxyl groups is 1. The van der Waals surface area contributed by atoms with E-state index in [4.69, 9.17) is 9.40 Å². The Labute approximate surface area is 334 Å². The second kappa shape index (κ2) is 17.6. The number of carbonyl (C=O) groups excluding carboxylic acids is 1. The minimum atomic E-state index is -0.337. The number of hydrogen-bond donors (Lipinski definition) is 1. The van der Waals surface area contributed by atoms with Gasteiger partial charge in [-0.05, 0) is 89.6 Å². The Hall–Kier alpha value is -2.70. The smallest absolute Gasteiger partial charge is 0.164 e. The second-order valence-electron chi connectivity index (χ2n) is 15.8. The van der Waals surface area contributed by atoms with Gasteiger partial charge >= 0.3 is 0 Å². The van der Waals surface area contributed by atoms with Crippen LogP contribution in [-0.4, -0.2) is 15.9 Å². The number of hydrogen-bond acceptors (Lipinski definition) is 6. The molecule has 0 atom stereocenters. The number of pyridine rings is 1. The molecule has 0 bridgehead atoms. The number of carbonyl (C=O) groups is 1. The van der Waals surface area contributed by atoms with Gasteiger partial charge in [0.1, 0.15) is 17.1 Å². The SMILES string of the molecule is C=CSc1c[c-]c(-c2nccc3sc4cc5oc(CC(C)C)c(C)c5cc4c23)cc1C(C)(C)C.CCC(C)(CC)C(=O)/C=C(\O)C(C)(CC)CC.[Ir]. The van der Waals surface area contributed by atoms with E-state index in [9.17, 15) is 9.90 Å². The van der Waals surface area contributed by atoms with Gasteiger partial charge in [-0.15, -0.1) is 40.7 Å². The topological polar surface area (TPSA) is 63.3 Å². The molecule has 52 heavy (non-hydrogen) atoms. The summed E-state index contributed by atoms with van der Waals surface area (Å²) in [6.07, 6.45) is 7.63. The molecule has 0 aliphatic rings. The van der Waals surface area contributed by atoms with E-state index in [-0.39, 0.29) is 47.9 Å². The first kappa shape index (κ1) is 43.7. The zero-order chi connectivity index (χ0) is 37.9. The Kier molecular flexibility index (Phi) is 14.8. The molecule has 1 N–H and O–H groups in total. The summed E-state index contributed by atoms with van der Waals surface area (Å²) < 4.78 is 8.76. The summed E-state index contributed by atoms with van der Waals surface area (Å²) in [5.41, 5.74) is 4.95. The molecule has 0 saturated carbocycles. The molecule has 2 aromatic carbocycles. The third-order valence-electron chi connectivity index (χ3n) is 10.9. The van der Waals surface area contributed by atoms with Gasteiger partial charge in [0.2, 0.25) is 0 Å². The molecule has 0 aliphatic heterocycles. The van der Waals surface area contributed by atoms with Crippen LogP contribution in [0.15, 0.2) is 69.7 Å². The molecule has 5 aromatic rings. The number of aliphatic hydroxyl groups excluding tert-OH is 1. The van der Waals surface area contributed by atoms with Crippen LogP contribution in [0, 0.1) is 29.7 Å². The molecule has 0 amide bonds. The van der Waals surface area contributed by atoms with E-state index < -0.39 is 0 Å². The molecule has 3 aromatic heterocycles. The number of nitrogens with zero attached hydrogens (tertiary/aromatic N) is 1. The quantitative estimate of drug-likeness (QED) is 0.0585. The summed E-state index contributed by atoms with van der Waals surface area (Å²) in [7, 11) is 0. The van der Waals surface area contributed by atoms with Gasteiger partial charge in [-0.3, -0.25) is 4.79 Å². The van der Waals surface area contributed by atoms with Crippen LogP contribution in [0.1, 0.15) is 119 Å². The third-order valence-corrected chi connectivity index (χ3v) is 12.8. The number of allylic oxidation sites excluding steroid dienone is 2. The van der Waals surface area contributed by atoms with E-state index >= 15 is 0 Å². The maximum atomic E-state index is 12.2. The van der Waals surface area contributed by atoms with Crippen LogP contribution in [-0.2, 0) is 36.7 Å². The van der Waals surface area contributed by atoms with E-state index in [0.717, 1.165) is 54.7 Å². The van der Waals surface area contributed by atoms with Crippen LogP contribution in [0.4, 0.5) is 0 Å². The van der Waals surface area contributed by atoms with Gasteiger partial charge in [0.15, 0.2) is 5.78 Å². The Bertz CT molecular complexity index is 2050. The number of fused-ring (bicyclic) bond motifs is 4. The first-order valence-corrected chi connectivity index (χ1v) is 20.2. The fourth-order valence-electron chi connectivity index (χ4n) is 6.33. The van der Waals surface area contributed by atoms with Crippen molar-refractivity contribution in [3.63, 3.8) is 0 Å². The van der Waals surface area contributed by atoms with Crippen LogP contribution in [0.2, 0.25) is 0 Å². The molecule has 5 rings (SSSR count). The summed E-state index contributed by atoms with van der Waals surface area (Å²) in [6, 6.07) is 14.5. The summed E-state index contributed by atoms with van der Waals surface area (Å²) in [4.78, 5) is 18.2. The minimum absolute atomic E-state index is 0. The average Bonchev–Trinajstić information content (AvgIpc) is 3.61. The molecule has 0 saturated heterocycles. The first-order valence-electron chi connectivity index (χ1n) is 18.5. The second-order valence-corrected chi connectivity index (χ2v) is 17.9. The molecule has 7 heteroatoms. The number of thiophene rings is 1. The number of furan rings is 1. The van der Waals surface area contributed by atoms with Gasteiger partial charge in [-0.1, -0.05) is 87.6 Å². The van der Waals surface area contributed by atoms with Crippen molar-refractivity contribution in [2.24, 2.45) is 16.7 Å². The Balaban J connectivity index is 0.000000347. The van der Waals surface area contributed by atoms with Gasteiger partial charge < -0.3 is 14.5 Å². The fourth-order valence-corrected chi connectivity index (χ4v) is 8.24. The van der Waals surface area contributed by atoms with Crippen molar-refractivity contribution < 1.29 is 34.4 Å². The zero-order valence-electron chi connectivity index (χ0n) is 33.3. The predicted octanol–water partition coefficient (Wildman–Crippen LogP) is 14.4. The van der Waals surface area contributed by atoms with Crippen LogP contribution in [0.3, 0.4) is 0 Å². The van der Waals surface area contributed by atoms with Crippen molar-refractivity contribution >= 4 is 60.0 Å². The Morgan fingerprint density at radius 3 is 2.19 bits per heavy atom. The van der Waals surface area contributed by atoms with Crippen molar-refractivity contribution in [2.75, 3.05) is 0 Å². The number of aromatic nitrogens is 1. The summed E-state index contributed by atoms with van der Waals surface area (Å²) in [6.45, 7) is 29.4. The molecule has 0 fully saturated rings. The monoisotopic (exact) mass is 917 g/mol. The maximum absolute atomic E-state index is 12.2. The van der Waals surface area contributed by atoms with Crippen molar-refractivity contribution in [2.45, 2.75) is 125 Å². The van der Waals surface area contributed by atoms with Gasteiger partial charge in [0.05, 0.1) is 0 Å². The number of ketones is 1. The van der Waals surface area contributed by atoms with Gasteiger partial charge in [0, 0.05) is 64.4 Å². The molecule has 0 unspecified atom stereocenters. The van der Waals surface area contributed by atoms with E-state index in [1.165, 1.54) is 47.7 Å². The van der Waals surface area contributed by atoms with Crippen molar-refractivity contribution in [1.29, 1.82) is 0 Å².